The van der Waals surface area contributed by atoms with Gasteiger partial charge in [0.2, 0.25) is 0 Å². The molecule has 30 heavy (non-hydrogen) atoms. The highest BCUT2D eigenvalue weighted by atomic mass is 35.5. The van der Waals surface area contributed by atoms with Crippen LogP contribution in [0.4, 0.5) is 0 Å². The molecule has 0 amide bonds. The van der Waals surface area contributed by atoms with Gasteiger partial charge >= 0.3 is 0 Å². The summed E-state index contributed by atoms with van der Waals surface area (Å²) in [4.78, 5) is 0. The van der Waals surface area contributed by atoms with Crippen LogP contribution in [-0.2, 0) is 15.9 Å². The van der Waals surface area contributed by atoms with Crippen molar-refractivity contribution in [2.75, 3.05) is 6.61 Å². The van der Waals surface area contributed by atoms with E-state index in [1.165, 1.54) is 5.56 Å². The predicted molar refractivity (Wildman–Crippen MR) is 124 cm³/mol. The molecule has 0 radical (unpaired) electrons. The molecule has 1 unspecified atom stereocenters. The van der Waals surface area contributed by atoms with Gasteiger partial charge < -0.3 is 9.47 Å². The van der Waals surface area contributed by atoms with Crippen molar-refractivity contribution in [3.8, 4) is 5.75 Å². The Morgan fingerprint density at radius 3 is 2.27 bits per heavy atom. The molecule has 2 nitrogen and oxygen atoms in total. The fraction of sp³-hybridized carbons (Fsp3) is 0.259. The van der Waals surface area contributed by atoms with Crippen LogP contribution in [0.3, 0.4) is 0 Å². The molecule has 1 heterocycles. The average molecular weight is 419 g/mol. The number of fused-ring (bicyclic) bond motifs is 1. The molecule has 0 aliphatic carbocycles. The number of ether oxygens (including phenoxy) is 2. The Morgan fingerprint density at radius 1 is 0.933 bits per heavy atom. The fourth-order valence-electron chi connectivity index (χ4n) is 3.81. The molecule has 3 aromatic rings. The summed E-state index contributed by atoms with van der Waals surface area (Å²) in [5.41, 5.74) is 5.48. The SMILES string of the molecule is CCOC1(c2ccccc2)C=C(c2ccc(Cl)cc2)c2cc(C(C)(C)C)ccc2O1. The first-order valence-corrected chi connectivity index (χ1v) is 10.7. The zero-order valence-electron chi connectivity index (χ0n) is 17.9. The van der Waals surface area contributed by atoms with Crippen molar-refractivity contribution in [2.24, 2.45) is 0 Å². The van der Waals surface area contributed by atoms with Gasteiger partial charge in [-0.15, -0.1) is 0 Å². The van der Waals surface area contributed by atoms with E-state index in [-0.39, 0.29) is 5.41 Å². The highest BCUT2D eigenvalue weighted by Crippen LogP contribution is 2.45. The number of hydrogen-bond acceptors (Lipinski definition) is 2. The van der Waals surface area contributed by atoms with E-state index < -0.39 is 5.79 Å². The topological polar surface area (TPSA) is 18.5 Å². The lowest BCUT2D eigenvalue weighted by Gasteiger charge is -2.37. The number of hydrogen-bond donors (Lipinski definition) is 0. The molecule has 0 aromatic heterocycles. The van der Waals surface area contributed by atoms with Gasteiger partial charge in [-0.2, -0.15) is 0 Å². The summed E-state index contributed by atoms with van der Waals surface area (Å²) in [6.45, 7) is 9.17. The normalized spacial score (nSPS) is 18.4. The summed E-state index contributed by atoms with van der Waals surface area (Å²) in [6, 6.07) is 24.5. The minimum atomic E-state index is -0.985. The molecule has 3 aromatic carbocycles. The van der Waals surface area contributed by atoms with Gasteiger partial charge in [-0.1, -0.05) is 80.9 Å². The van der Waals surface area contributed by atoms with Gasteiger partial charge in [0.05, 0.1) is 0 Å². The molecule has 0 spiro atoms. The summed E-state index contributed by atoms with van der Waals surface area (Å²) in [7, 11) is 0. The standard InChI is InChI=1S/C27H27ClO2/c1-5-29-27(20-9-7-6-8-10-20)18-24(19-11-14-22(28)15-12-19)23-17-21(26(2,3)4)13-16-25(23)30-27/h6-18H,5H2,1-4H3. The molecule has 3 heteroatoms. The van der Waals surface area contributed by atoms with E-state index in [1.807, 2.05) is 49.4 Å². The van der Waals surface area contributed by atoms with Crippen LogP contribution in [0.25, 0.3) is 5.57 Å². The van der Waals surface area contributed by atoms with Crippen LogP contribution < -0.4 is 4.74 Å². The molecule has 0 bridgehead atoms. The molecule has 1 aliphatic rings. The second-order valence-corrected chi connectivity index (χ2v) is 9.03. The van der Waals surface area contributed by atoms with Crippen molar-refractivity contribution in [2.45, 2.75) is 38.9 Å². The van der Waals surface area contributed by atoms with Crippen LogP contribution >= 0.6 is 11.6 Å². The lowest BCUT2D eigenvalue weighted by atomic mass is 9.83. The number of benzene rings is 3. The van der Waals surface area contributed by atoms with Gasteiger partial charge in [-0.05, 0) is 53.3 Å². The van der Waals surface area contributed by atoms with E-state index in [9.17, 15) is 0 Å². The largest absolute Gasteiger partial charge is 0.454 e. The second-order valence-electron chi connectivity index (χ2n) is 8.59. The number of rotatable bonds is 4. The maximum atomic E-state index is 6.56. The monoisotopic (exact) mass is 418 g/mol. The minimum absolute atomic E-state index is 0.0357. The first-order valence-electron chi connectivity index (χ1n) is 10.3. The molecule has 4 rings (SSSR count). The van der Waals surface area contributed by atoms with Crippen molar-refractivity contribution in [3.63, 3.8) is 0 Å². The van der Waals surface area contributed by atoms with Crippen LogP contribution in [0.15, 0.2) is 78.9 Å². The molecule has 1 aliphatic heterocycles. The maximum absolute atomic E-state index is 6.56. The molecule has 0 saturated heterocycles. The molecular formula is C27H27ClO2. The zero-order valence-corrected chi connectivity index (χ0v) is 18.7. The first kappa shape index (κ1) is 20.7. The van der Waals surface area contributed by atoms with Crippen molar-refractivity contribution in [1.82, 2.24) is 0 Å². The Labute approximate surface area is 184 Å². The minimum Gasteiger partial charge on any atom is -0.454 e. The van der Waals surface area contributed by atoms with E-state index in [4.69, 9.17) is 21.1 Å². The third kappa shape index (κ3) is 3.90. The fourth-order valence-corrected chi connectivity index (χ4v) is 3.93. The molecule has 1 atom stereocenters. The Balaban J connectivity index is 1.96. The molecule has 0 fully saturated rings. The van der Waals surface area contributed by atoms with Crippen molar-refractivity contribution >= 4 is 17.2 Å². The van der Waals surface area contributed by atoms with E-state index in [0.29, 0.717) is 11.6 Å². The summed E-state index contributed by atoms with van der Waals surface area (Å²) in [5, 5.41) is 0.717. The van der Waals surface area contributed by atoms with Gasteiger partial charge in [0.15, 0.2) is 0 Å². The van der Waals surface area contributed by atoms with E-state index in [0.717, 1.165) is 28.0 Å². The van der Waals surface area contributed by atoms with Gasteiger partial charge in [0.1, 0.15) is 5.75 Å². The van der Waals surface area contributed by atoms with E-state index >= 15 is 0 Å². The smallest absolute Gasteiger partial charge is 0.258 e. The van der Waals surface area contributed by atoms with Gasteiger partial charge in [-0.25, -0.2) is 0 Å². The molecule has 0 saturated carbocycles. The van der Waals surface area contributed by atoms with Gasteiger partial charge in [0.25, 0.3) is 5.79 Å². The summed E-state index contributed by atoms with van der Waals surface area (Å²) in [6.07, 6.45) is 2.10. The Bertz CT molecular complexity index is 1060. The average Bonchev–Trinajstić information content (AvgIpc) is 2.73. The second kappa shape index (κ2) is 7.94. The van der Waals surface area contributed by atoms with Crippen molar-refractivity contribution in [1.29, 1.82) is 0 Å². The Hall–Kier alpha value is -2.55. The zero-order chi connectivity index (χ0) is 21.4. The van der Waals surface area contributed by atoms with E-state index in [1.54, 1.807) is 0 Å². The number of halogens is 1. The summed E-state index contributed by atoms with van der Waals surface area (Å²) < 4.78 is 12.8. The van der Waals surface area contributed by atoms with E-state index in [2.05, 4.69) is 57.2 Å². The highest BCUT2D eigenvalue weighted by Gasteiger charge is 2.39. The Kier molecular flexibility index (Phi) is 5.48. The maximum Gasteiger partial charge on any atom is 0.258 e. The van der Waals surface area contributed by atoms with Gasteiger partial charge in [-0.3, -0.25) is 0 Å². The third-order valence-corrected chi connectivity index (χ3v) is 5.67. The summed E-state index contributed by atoms with van der Waals surface area (Å²) >= 11 is 6.17. The summed E-state index contributed by atoms with van der Waals surface area (Å²) in [5.74, 6) is -0.172. The lowest BCUT2D eigenvalue weighted by Crippen LogP contribution is -2.37. The first-order chi connectivity index (χ1) is 14.3. The lowest BCUT2D eigenvalue weighted by molar-refractivity contribution is -0.152. The van der Waals surface area contributed by atoms with Crippen LogP contribution in [-0.4, -0.2) is 6.61 Å². The third-order valence-electron chi connectivity index (χ3n) is 5.42. The van der Waals surface area contributed by atoms with Crippen LogP contribution in [0.5, 0.6) is 5.75 Å². The Morgan fingerprint density at radius 2 is 1.63 bits per heavy atom. The highest BCUT2D eigenvalue weighted by molar-refractivity contribution is 6.30. The van der Waals surface area contributed by atoms with Gasteiger partial charge in [0, 0.05) is 28.8 Å². The van der Waals surface area contributed by atoms with Crippen molar-refractivity contribution < 1.29 is 9.47 Å². The quantitative estimate of drug-likeness (QED) is 0.440. The molecular weight excluding hydrogens is 392 g/mol. The van der Waals surface area contributed by atoms with Crippen LogP contribution in [0.2, 0.25) is 5.02 Å². The molecule has 0 N–H and O–H groups in total. The predicted octanol–water partition coefficient (Wildman–Crippen LogP) is 7.35. The van der Waals surface area contributed by atoms with Crippen LogP contribution in [0, 0.1) is 0 Å². The molecule has 154 valence electrons. The van der Waals surface area contributed by atoms with Crippen molar-refractivity contribution in [3.05, 3.63) is 106 Å². The van der Waals surface area contributed by atoms with Crippen LogP contribution in [0.1, 0.15) is 49.9 Å².